The van der Waals surface area contributed by atoms with Crippen molar-refractivity contribution < 1.29 is 4.84 Å². The molecule has 1 aromatic heterocycles. The third kappa shape index (κ3) is 2.36. The Morgan fingerprint density at radius 3 is 3.00 bits per heavy atom. The molecule has 1 rings (SSSR count). The Morgan fingerprint density at radius 2 is 2.33 bits per heavy atom. The quantitative estimate of drug-likeness (QED) is 0.533. The Hall–Kier alpha value is -0.800. The average Bonchev–Trinajstić information content (AvgIpc) is 2.52. The van der Waals surface area contributed by atoms with Gasteiger partial charge in [-0.1, -0.05) is 0 Å². The highest BCUT2D eigenvalue weighted by Gasteiger charge is 1.96. The van der Waals surface area contributed by atoms with Crippen molar-refractivity contribution in [3.8, 4) is 0 Å². The molecular weight excluding hydrogens is 152 g/mol. The molecular formula is C9H16N2O. The fourth-order valence-corrected chi connectivity index (χ4v) is 1.15. The maximum atomic E-state index is 5.04. The summed E-state index contributed by atoms with van der Waals surface area (Å²) >= 11 is 0. The van der Waals surface area contributed by atoms with Crippen molar-refractivity contribution in [3.05, 3.63) is 24.0 Å². The van der Waals surface area contributed by atoms with E-state index < -0.39 is 0 Å². The van der Waals surface area contributed by atoms with Gasteiger partial charge in [-0.15, -0.1) is 0 Å². The fraction of sp³-hybridized carbons (Fsp3) is 0.556. The molecule has 0 spiro atoms. The zero-order chi connectivity index (χ0) is 8.81. The molecule has 0 aliphatic carbocycles. The maximum Gasteiger partial charge on any atom is 0.0654 e. The molecule has 0 aliphatic heterocycles. The zero-order valence-corrected chi connectivity index (χ0v) is 7.71. The van der Waals surface area contributed by atoms with Crippen LogP contribution >= 0.6 is 0 Å². The van der Waals surface area contributed by atoms with Crippen LogP contribution < -0.4 is 5.48 Å². The minimum Gasteiger partial charge on any atom is -0.350 e. The van der Waals surface area contributed by atoms with Gasteiger partial charge in [-0.25, -0.2) is 0 Å². The standard InChI is InChI=1S/C9H16N2O/c1-3-11-7-5-6-9(11)8-10-12-4-2/h5-7,10H,3-4,8H2,1-2H3. The molecule has 0 aliphatic rings. The first-order valence-corrected chi connectivity index (χ1v) is 4.37. The Bertz CT molecular complexity index is 220. The van der Waals surface area contributed by atoms with E-state index in [1.807, 2.05) is 13.0 Å². The van der Waals surface area contributed by atoms with Gasteiger partial charge in [0.15, 0.2) is 0 Å². The second-order valence-corrected chi connectivity index (χ2v) is 2.54. The Balaban J connectivity index is 2.39. The first-order valence-electron chi connectivity index (χ1n) is 4.37. The van der Waals surface area contributed by atoms with E-state index in [2.05, 4.69) is 29.2 Å². The monoisotopic (exact) mass is 168 g/mol. The summed E-state index contributed by atoms with van der Waals surface area (Å²) in [5.41, 5.74) is 4.15. The van der Waals surface area contributed by atoms with Gasteiger partial charge in [-0.3, -0.25) is 0 Å². The van der Waals surface area contributed by atoms with E-state index in [1.54, 1.807) is 0 Å². The molecule has 1 N–H and O–H groups in total. The number of hydroxylamine groups is 1. The maximum absolute atomic E-state index is 5.04. The van der Waals surface area contributed by atoms with E-state index in [-0.39, 0.29) is 0 Å². The van der Waals surface area contributed by atoms with Crippen LogP contribution in [0.15, 0.2) is 18.3 Å². The summed E-state index contributed by atoms with van der Waals surface area (Å²) in [6, 6.07) is 4.14. The molecule has 1 aromatic rings. The molecule has 0 bridgehead atoms. The largest absolute Gasteiger partial charge is 0.350 e. The molecule has 0 saturated heterocycles. The van der Waals surface area contributed by atoms with Crippen LogP contribution in [0.1, 0.15) is 19.5 Å². The normalized spacial score (nSPS) is 10.5. The molecule has 0 fully saturated rings. The minimum atomic E-state index is 0.701. The summed E-state index contributed by atoms with van der Waals surface area (Å²) in [6.07, 6.45) is 2.07. The zero-order valence-electron chi connectivity index (χ0n) is 7.71. The summed E-state index contributed by atoms with van der Waals surface area (Å²) in [4.78, 5) is 5.04. The molecule has 0 saturated carbocycles. The lowest BCUT2D eigenvalue weighted by molar-refractivity contribution is 0.0450. The lowest BCUT2D eigenvalue weighted by atomic mass is 10.4. The van der Waals surface area contributed by atoms with E-state index in [1.165, 1.54) is 5.69 Å². The van der Waals surface area contributed by atoms with Crippen LogP contribution in [0.5, 0.6) is 0 Å². The number of hydrogen-bond donors (Lipinski definition) is 1. The average molecular weight is 168 g/mol. The summed E-state index contributed by atoms with van der Waals surface area (Å²) < 4.78 is 2.19. The van der Waals surface area contributed by atoms with Crippen molar-refractivity contribution in [1.82, 2.24) is 10.0 Å². The Labute approximate surface area is 73.3 Å². The molecule has 0 amide bonds. The van der Waals surface area contributed by atoms with Crippen LogP contribution in [0.4, 0.5) is 0 Å². The number of nitrogens with zero attached hydrogens (tertiary/aromatic N) is 1. The van der Waals surface area contributed by atoms with Gasteiger partial charge in [0.1, 0.15) is 0 Å². The van der Waals surface area contributed by atoms with Crippen molar-refractivity contribution in [1.29, 1.82) is 0 Å². The van der Waals surface area contributed by atoms with Crippen molar-refractivity contribution >= 4 is 0 Å². The Morgan fingerprint density at radius 1 is 1.50 bits per heavy atom. The smallest absolute Gasteiger partial charge is 0.0654 e. The van der Waals surface area contributed by atoms with Crippen LogP contribution in [-0.4, -0.2) is 11.2 Å². The predicted octanol–water partition coefficient (Wildman–Crippen LogP) is 1.55. The van der Waals surface area contributed by atoms with Crippen LogP contribution in [0, 0.1) is 0 Å². The van der Waals surface area contributed by atoms with Gasteiger partial charge in [0.25, 0.3) is 0 Å². The second-order valence-electron chi connectivity index (χ2n) is 2.54. The number of nitrogens with one attached hydrogen (secondary N) is 1. The van der Waals surface area contributed by atoms with Crippen molar-refractivity contribution in [2.24, 2.45) is 0 Å². The first kappa shape index (κ1) is 9.29. The molecule has 0 radical (unpaired) electrons. The topological polar surface area (TPSA) is 26.2 Å². The van der Waals surface area contributed by atoms with E-state index in [9.17, 15) is 0 Å². The number of aromatic nitrogens is 1. The van der Waals surface area contributed by atoms with E-state index in [0.717, 1.165) is 13.1 Å². The van der Waals surface area contributed by atoms with Gasteiger partial charge in [-0.05, 0) is 26.0 Å². The number of hydrogen-bond acceptors (Lipinski definition) is 2. The molecule has 1 heterocycles. The number of rotatable bonds is 5. The predicted molar refractivity (Wildman–Crippen MR) is 48.6 cm³/mol. The summed E-state index contributed by atoms with van der Waals surface area (Å²) in [5, 5.41) is 0. The third-order valence-corrected chi connectivity index (χ3v) is 1.76. The molecule has 0 aromatic carbocycles. The SMILES string of the molecule is CCONCc1cccn1CC. The van der Waals surface area contributed by atoms with Gasteiger partial charge in [-0.2, -0.15) is 5.48 Å². The summed E-state index contributed by atoms with van der Waals surface area (Å²) in [7, 11) is 0. The van der Waals surface area contributed by atoms with Crippen LogP contribution in [-0.2, 0) is 17.9 Å². The molecule has 12 heavy (non-hydrogen) atoms. The van der Waals surface area contributed by atoms with Crippen LogP contribution in [0.2, 0.25) is 0 Å². The lowest BCUT2D eigenvalue weighted by Crippen LogP contribution is -2.16. The molecule has 68 valence electrons. The third-order valence-electron chi connectivity index (χ3n) is 1.76. The number of aryl methyl sites for hydroxylation is 1. The van der Waals surface area contributed by atoms with Gasteiger partial charge in [0.2, 0.25) is 0 Å². The van der Waals surface area contributed by atoms with Gasteiger partial charge in [0.05, 0.1) is 13.2 Å². The van der Waals surface area contributed by atoms with E-state index in [0.29, 0.717) is 6.61 Å². The van der Waals surface area contributed by atoms with Crippen molar-refractivity contribution in [2.45, 2.75) is 26.9 Å². The van der Waals surface area contributed by atoms with Gasteiger partial charge < -0.3 is 9.40 Å². The summed E-state index contributed by atoms with van der Waals surface area (Å²) in [6.45, 7) is 6.58. The second kappa shape index (κ2) is 4.95. The summed E-state index contributed by atoms with van der Waals surface area (Å²) in [5.74, 6) is 0. The molecule has 3 nitrogen and oxygen atoms in total. The van der Waals surface area contributed by atoms with Gasteiger partial charge >= 0.3 is 0 Å². The minimum absolute atomic E-state index is 0.701. The van der Waals surface area contributed by atoms with Crippen LogP contribution in [0.3, 0.4) is 0 Å². The van der Waals surface area contributed by atoms with E-state index >= 15 is 0 Å². The fourth-order valence-electron chi connectivity index (χ4n) is 1.15. The highest BCUT2D eigenvalue weighted by molar-refractivity contribution is 5.06. The van der Waals surface area contributed by atoms with Crippen molar-refractivity contribution in [3.63, 3.8) is 0 Å². The molecule has 0 atom stereocenters. The Kier molecular flexibility index (Phi) is 3.84. The highest BCUT2D eigenvalue weighted by Crippen LogP contribution is 2.00. The van der Waals surface area contributed by atoms with Gasteiger partial charge in [0, 0.05) is 18.4 Å². The van der Waals surface area contributed by atoms with Crippen LogP contribution in [0.25, 0.3) is 0 Å². The van der Waals surface area contributed by atoms with E-state index in [4.69, 9.17) is 4.84 Å². The van der Waals surface area contributed by atoms with Crippen molar-refractivity contribution in [2.75, 3.05) is 6.61 Å². The molecule has 0 unspecified atom stereocenters. The molecule has 3 heteroatoms. The highest BCUT2D eigenvalue weighted by atomic mass is 16.6. The first-order chi connectivity index (χ1) is 5.88. The lowest BCUT2D eigenvalue weighted by Gasteiger charge is -2.06.